The Balaban J connectivity index is 1.53. The van der Waals surface area contributed by atoms with Gasteiger partial charge in [0.05, 0.1) is 19.8 Å². The molecule has 3 N–H and O–H groups in total. The molecule has 0 fully saturated rings. The van der Waals surface area contributed by atoms with Gasteiger partial charge in [-0.25, -0.2) is 15.0 Å². The highest BCUT2D eigenvalue weighted by Crippen LogP contribution is 2.30. The van der Waals surface area contributed by atoms with E-state index in [0.717, 1.165) is 5.56 Å². The van der Waals surface area contributed by atoms with Crippen molar-refractivity contribution in [3.63, 3.8) is 0 Å². The number of amides is 1. The summed E-state index contributed by atoms with van der Waals surface area (Å²) in [5, 5.41) is 9.15. The highest BCUT2D eigenvalue weighted by molar-refractivity contribution is 5.97. The Bertz CT molecular complexity index is 1010. The van der Waals surface area contributed by atoms with Gasteiger partial charge in [0.15, 0.2) is 11.5 Å². The van der Waals surface area contributed by atoms with Crippen molar-refractivity contribution in [2.45, 2.75) is 6.92 Å². The Morgan fingerprint density at radius 3 is 2.53 bits per heavy atom. The van der Waals surface area contributed by atoms with Gasteiger partial charge in [-0.05, 0) is 36.8 Å². The molecule has 9 nitrogen and oxygen atoms in total. The zero-order chi connectivity index (χ0) is 21.3. The normalized spacial score (nSPS) is 10.2. The number of benzene rings is 1. The number of aryl methyl sites for hydroxylation is 1. The van der Waals surface area contributed by atoms with E-state index >= 15 is 0 Å². The van der Waals surface area contributed by atoms with Gasteiger partial charge < -0.3 is 25.4 Å². The van der Waals surface area contributed by atoms with Crippen LogP contribution in [0.25, 0.3) is 0 Å². The molecule has 156 valence electrons. The first-order valence-electron chi connectivity index (χ1n) is 9.35. The molecular formula is C21H24N6O3. The fourth-order valence-electron chi connectivity index (χ4n) is 2.79. The average molecular weight is 408 g/mol. The van der Waals surface area contributed by atoms with Crippen LogP contribution in [0.15, 0.2) is 48.9 Å². The maximum atomic E-state index is 12.5. The number of hydrogen-bond donors (Lipinski definition) is 3. The maximum Gasteiger partial charge on any atom is 0.255 e. The van der Waals surface area contributed by atoms with Crippen molar-refractivity contribution in [3.8, 4) is 11.5 Å². The summed E-state index contributed by atoms with van der Waals surface area (Å²) in [6, 6.07) is 10.8. The lowest BCUT2D eigenvalue weighted by atomic mass is 10.1. The van der Waals surface area contributed by atoms with Crippen LogP contribution in [0.3, 0.4) is 0 Å². The molecule has 0 aliphatic heterocycles. The van der Waals surface area contributed by atoms with E-state index < -0.39 is 0 Å². The number of nitrogens with one attached hydrogen (secondary N) is 3. The van der Waals surface area contributed by atoms with Crippen molar-refractivity contribution < 1.29 is 14.3 Å². The number of anilines is 3. The number of aromatic nitrogens is 3. The number of pyridine rings is 1. The lowest BCUT2D eigenvalue weighted by Crippen LogP contribution is -2.29. The minimum atomic E-state index is -0.247. The molecule has 0 unspecified atom stereocenters. The van der Waals surface area contributed by atoms with E-state index in [1.807, 2.05) is 19.1 Å². The van der Waals surface area contributed by atoms with Gasteiger partial charge in [0.2, 0.25) is 0 Å². The standard InChI is InChI=1S/C21H24N6O3/c1-14-7-8-22-18(11-14)27-19-12-17(25-13-26-19)23-9-10-24-21(28)15-5-4-6-16(29-2)20(15)30-3/h4-8,11-13H,9-10H2,1-3H3,(H,24,28)(H2,22,23,25,26,27). The number of nitrogens with zero attached hydrogens (tertiary/aromatic N) is 3. The largest absolute Gasteiger partial charge is 0.493 e. The maximum absolute atomic E-state index is 12.5. The Kier molecular flexibility index (Phi) is 6.99. The Labute approximate surface area is 174 Å². The van der Waals surface area contributed by atoms with Gasteiger partial charge >= 0.3 is 0 Å². The lowest BCUT2D eigenvalue weighted by Gasteiger charge is -2.13. The quantitative estimate of drug-likeness (QED) is 0.464. The predicted molar refractivity (Wildman–Crippen MR) is 115 cm³/mol. The minimum absolute atomic E-state index is 0.247. The summed E-state index contributed by atoms with van der Waals surface area (Å²) in [5.41, 5.74) is 1.51. The van der Waals surface area contributed by atoms with E-state index in [1.54, 1.807) is 30.5 Å². The molecule has 0 spiro atoms. The van der Waals surface area contributed by atoms with Gasteiger partial charge in [0.25, 0.3) is 5.91 Å². The van der Waals surface area contributed by atoms with Gasteiger partial charge in [-0.15, -0.1) is 0 Å². The molecule has 30 heavy (non-hydrogen) atoms. The van der Waals surface area contributed by atoms with E-state index in [9.17, 15) is 4.79 Å². The highest BCUT2D eigenvalue weighted by atomic mass is 16.5. The van der Waals surface area contributed by atoms with Crippen molar-refractivity contribution in [1.82, 2.24) is 20.3 Å². The third-order valence-corrected chi connectivity index (χ3v) is 4.20. The van der Waals surface area contributed by atoms with Gasteiger partial charge in [0, 0.05) is 25.4 Å². The lowest BCUT2D eigenvalue weighted by molar-refractivity contribution is 0.0951. The van der Waals surface area contributed by atoms with Crippen molar-refractivity contribution in [2.75, 3.05) is 37.9 Å². The average Bonchev–Trinajstić information content (AvgIpc) is 2.76. The summed E-state index contributed by atoms with van der Waals surface area (Å²) in [4.78, 5) is 25.1. The molecule has 0 radical (unpaired) electrons. The number of carbonyl (C=O) groups excluding carboxylic acids is 1. The van der Waals surface area contributed by atoms with Crippen molar-refractivity contribution in [1.29, 1.82) is 0 Å². The predicted octanol–water partition coefficient (Wildman–Crippen LogP) is 2.78. The molecule has 0 saturated heterocycles. The monoisotopic (exact) mass is 408 g/mol. The van der Waals surface area contributed by atoms with Crippen LogP contribution in [0.1, 0.15) is 15.9 Å². The number of ether oxygens (including phenoxy) is 2. The number of rotatable bonds is 9. The van der Waals surface area contributed by atoms with Gasteiger partial charge in [0.1, 0.15) is 23.8 Å². The Morgan fingerprint density at radius 1 is 0.967 bits per heavy atom. The first-order valence-corrected chi connectivity index (χ1v) is 9.35. The van der Waals surface area contributed by atoms with Crippen LogP contribution in [0.5, 0.6) is 11.5 Å². The van der Waals surface area contributed by atoms with Crippen molar-refractivity contribution in [3.05, 3.63) is 60.0 Å². The third kappa shape index (κ3) is 5.34. The zero-order valence-electron chi connectivity index (χ0n) is 17.1. The molecule has 3 rings (SSSR count). The number of hydrogen-bond acceptors (Lipinski definition) is 8. The van der Waals surface area contributed by atoms with Crippen LogP contribution in [0.4, 0.5) is 17.5 Å². The van der Waals surface area contributed by atoms with Crippen LogP contribution in [-0.2, 0) is 0 Å². The molecule has 0 aliphatic rings. The molecule has 1 amide bonds. The van der Waals surface area contributed by atoms with E-state index in [4.69, 9.17) is 9.47 Å². The third-order valence-electron chi connectivity index (χ3n) is 4.20. The molecule has 9 heteroatoms. The van der Waals surface area contributed by atoms with Gasteiger partial charge in [-0.2, -0.15) is 0 Å². The molecule has 0 bridgehead atoms. The van der Waals surface area contributed by atoms with E-state index in [1.165, 1.54) is 20.5 Å². The molecule has 1 aromatic carbocycles. The topological polar surface area (TPSA) is 110 Å². The van der Waals surface area contributed by atoms with Crippen LogP contribution < -0.4 is 25.4 Å². The van der Waals surface area contributed by atoms with E-state index in [2.05, 4.69) is 30.9 Å². The molecule has 0 atom stereocenters. The van der Waals surface area contributed by atoms with Crippen molar-refractivity contribution >= 4 is 23.4 Å². The van der Waals surface area contributed by atoms with E-state index in [0.29, 0.717) is 47.6 Å². The molecule has 2 aromatic heterocycles. The fraction of sp³-hybridized carbons (Fsp3) is 0.238. The van der Waals surface area contributed by atoms with Crippen LogP contribution in [0, 0.1) is 6.92 Å². The smallest absolute Gasteiger partial charge is 0.255 e. The number of methoxy groups -OCH3 is 2. The highest BCUT2D eigenvalue weighted by Gasteiger charge is 2.15. The summed E-state index contributed by atoms with van der Waals surface area (Å²) < 4.78 is 10.5. The first kappa shape index (κ1) is 20.8. The van der Waals surface area contributed by atoms with Crippen LogP contribution in [0.2, 0.25) is 0 Å². The first-order chi connectivity index (χ1) is 14.6. The van der Waals surface area contributed by atoms with Gasteiger partial charge in [-0.3, -0.25) is 4.79 Å². The molecule has 3 aromatic rings. The second kappa shape index (κ2) is 10.1. The second-order valence-electron chi connectivity index (χ2n) is 6.36. The zero-order valence-corrected chi connectivity index (χ0v) is 17.1. The van der Waals surface area contributed by atoms with E-state index in [-0.39, 0.29) is 5.91 Å². The summed E-state index contributed by atoms with van der Waals surface area (Å²) in [6.07, 6.45) is 3.19. The summed E-state index contributed by atoms with van der Waals surface area (Å²) in [6.45, 7) is 2.87. The van der Waals surface area contributed by atoms with Crippen LogP contribution >= 0.6 is 0 Å². The van der Waals surface area contributed by atoms with Crippen LogP contribution in [-0.4, -0.2) is 48.2 Å². The summed E-state index contributed by atoms with van der Waals surface area (Å²) >= 11 is 0. The SMILES string of the molecule is COc1cccc(C(=O)NCCNc2cc(Nc3cc(C)ccn3)ncn2)c1OC. The Morgan fingerprint density at radius 2 is 1.77 bits per heavy atom. The molecule has 2 heterocycles. The Hall–Kier alpha value is -3.88. The fourth-order valence-corrected chi connectivity index (χ4v) is 2.79. The number of para-hydroxylation sites is 1. The molecule has 0 aliphatic carbocycles. The second-order valence-corrected chi connectivity index (χ2v) is 6.36. The molecular weight excluding hydrogens is 384 g/mol. The summed E-state index contributed by atoms with van der Waals surface area (Å²) in [5.74, 6) is 2.63. The van der Waals surface area contributed by atoms with Crippen molar-refractivity contribution in [2.24, 2.45) is 0 Å². The summed E-state index contributed by atoms with van der Waals surface area (Å²) in [7, 11) is 3.03. The molecule has 0 saturated carbocycles. The van der Waals surface area contributed by atoms with Gasteiger partial charge in [-0.1, -0.05) is 6.07 Å². The minimum Gasteiger partial charge on any atom is -0.493 e. The number of carbonyl (C=O) groups is 1.